The normalized spacial score (nSPS) is 19.4. The van der Waals surface area contributed by atoms with Crippen LogP contribution in [-0.2, 0) is 16.6 Å². The number of sulfonamides is 1. The van der Waals surface area contributed by atoms with Crippen molar-refractivity contribution in [3.63, 3.8) is 0 Å². The van der Waals surface area contributed by atoms with Gasteiger partial charge in [0.05, 0.1) is 11.5 Å². The van der Waals surface area contributed by atoms with Crippen LogP contribution >= 0.6 is 23.1 Å². The molecule has 2 N–H and O–H groups in total. The average Bonchev–Trinajstić information content (AvgIpc) is 3.12. The number of thioether (sulfide) groups is 1. The van der Waals surface area contributed by atoms with Crippen LogP contribution in [0.15, 0.2) is 29.2 Å². The second-order valence-corrected chi connectivity index (χ2v) is 9.24. The summed E-state index contributed by atoms with van der Waals surface area (Å²) in [6, 6.07) is 7.37. The van der Waals surface area contributed by atoms with Gasteiger partial charge in [0.1, 0.15) is 4.90 Å². The van der Waals surface area contributed by atoms with Crippen molar-refractivity contribution in [1.82, 2.24) is 4.72 Å². The highest BCUT2D eigenvalue weighted by atomic mass is 32.2. The quantitative estimate of drug-likeness (QED) is 0.876. The van der Waals surface area contributed by atoms with Gasteiger partial charge in [-0.2, -0.15) is 11.8 Å². The molecule has 1 unspecified atom stereocenters. The van der Waals surface area contributed by atoms with Gasteiger partial charge in [0.15, 0.2) is 0 Å². The molecule has 0 saturated carbocycles. The summed E-state index contributed by atoms with van der Waals surface area (Å²) in [5.41, 5.74) is 0. The van der Waals surface area contributed by atoms with E-state index in [1.165, 1.54) is 11.3 Å². The van der Waals surface area contributed by atoms with Crippen molar-refractivity contribution in [2.45, 2.75) is 29.6 Å². The van der Waals surface area contributed by atoms with E-state index in [4.69, 9.17) is 0 Å². The zero-order chi connectivity index (χ0) is 14.9. The van der Waals surface area contributed by atoms with Crippen LogP contribution in [-0.4, -0.2) is 31.1 Å². The van der Waals surface area contributed by atoms with Gasteiger partial charge in [0.2, 0.25) is 10.0 Å². The van der Waals surface area contributed by atoms with Crippen molar-refractivity contribution >= 4 is 43.2 Å². The summed E-state index contributed by atoms with van der Waals surface area (Å²) in [5.74, 6) is 1.11. The lowest BCUT2D eigenvalue weighted by atomic mass is 10.2. The summed E-state index contributed by atoms with van der Waals surface area (Å²) in [7, 11) is -3.59. The van der Waals surface area contributed by atoms with E-state index in [0.717, 1.165) is 23.3 Å². The summed E-state index contributed by atoms with van der Waals surface area (Å²) in [6.45, 7) is 0.204. The van der Waals surface area contributed by atoms with E-state index in [9.17, 15) is 13.5 Å². The summed E-state index contributed by atoms with van der Waals surface area (Å²) in [6.07, 6.45) is 2.21. The van der Waals surface area contributed by atoms with Crippen molar-refractivity contribution in [1.29, 1.82) is 0 Å². The van der Waals surface area contributed by atoms with Gasteiger partial charge in [-0.25, -0.2) is 13.1 Å². The molecule has 0 amide bonds. The summed E-state index contributed by atoms with van der Waals surface area (Å²) in [5, 5.41) is 10.5. The van der Waals surface area contributed by atoms with Crippen molar-refractivity contribution in [3.8, 4) is 0 Å². The lowest BCUT2D eigenvalue weighted by molar-refractivity contribution is 0.283. The van der Waals surface area contributed by atoms with Crippen LogP contribution in [0.4, 0.5) is 0 Å². The lowest BCUT2D eigenvalue weighted by Gasteiger charge is -2.11. The highest BCUT2D eigenvalue weighted by Crippen LogP contribution is 2.35. The molecule has 0 radical (unpaired) electrons. The second-order valence-electron chi connectivity index (χ2n) is 5.00. The smallest absolute Gasteiger partial charge is 0.242 e. The number of hydrogen-bond donors (Lipinski definition) is 2. The van der Waals surface area contributed by atoms with Crippen LogP contribution in [0.25, 0.3) is 10.1 Å². The molecule has 4 nitrogen and oxygen atoms in total. The first-order valence-electron chi connectivity index (χ1n) is 6.84. The first-order valence-corrected chi connectivity index (χ1v) is 10.2. The fourth-order valence-electron chi connectivity index (χ4n) is 2.55. The van der Waals surface area contributed by atoms with Crippen LogP contribution in [0.2, 0.25) is 0 Å². The van der Waals surface area contributed by atoms with E-state index < -0.39 is 10.0 Å². The Bertz CT molecular complexity index is 733. The zero-order valence-corrected chi connectivity index (χ0v) is 13.9. The Hall–Kier alpha value is -0.600. The Morgan fingerprint density at radius 3 is 2.86 bits per heavy atom. The highest BCUT2D eigenvalue weighted by molar-refractivity contribution is 8.00. The summed E-state index contributed by atoms with van der Waals surface area (Å²) in [4.78, 5) is 0.747. The minimum Gasteiger partial charge on any atom is -0.391 e. The minimum absolute atomic E-state index is 0.244. The van der Waals surface area contributed by atoms with Gasteiger partial charge in [-0.15, -0.1) is 11.3 Å². The van der Waals surface area contributed by atoms with Gasteiger partial charge in [-0.3, -0.25) is 0 Å². The highest BCUT2D eigenvalue weighted by Gasteiger charge is 2.25. The number of thiophene rings is 1. The van der Waals surface area contributed by atoms with E-state index >= 15 is 0 Å². The predicted molar refractivity (Wildman–Crippen MR) is 88.4 cm³/mol. The molecule has 2 aromatic rings. The van der Waals surface area contributed by atoms with Gasteiger partial charge < -0.3 is 5.11 Å². The van der Waals surface area contributed by atoms with E-state index in [0.29, 0.717) is 22.1 Å². The van der Waals surface area contributed by atoms with Crippen LogP contribution in [0.1, 0.15) is 17.7 Å². The fraction of sp³-hybridized carbons (Fsp3) is 0.429. The Morgan fingerprint density at radius 2 is 2.14 bits per heavy atom. The molecule has 1 aromatic heterocycles. The molecule has 1 atom stereocenters. The largest absolute Gasteiger partial charge is 0.391 e. The third kappa shape index (κ3) is 3.12. The van der Waals surface area contributed by atoms with E-state index in [-0.39, 0.29) is 11.5 Å². The van der Waals surface area contributed by atoms with Gasteiger partial charge >= 0.3 is 0 Å². The third-order valence-electron chi connectivity index (χ3n) is 3.56. The molecule has 0 aliphatic carbocycles. The predicted octanol–water partition coefficient (Wildman–Crippen LogP) is 2.57. The Morgan fingerprint density at radius 1 is 1.33 bits per heavy atom. The minimum atomic E-state index is -3.59. The van der Waals surface area contributed by atoms with Crippen molar-refractivity contribution < 1.29 is 13.5 Å². The third-order valence-corrected chi connectivity index (χ3v) is 7.79. The number of rotatable bonds is 5. The van der Waals surface area contributed by atoms with Crippen LogP contribution in [0.3, 0.4) is 0 Å². The monoisotopic (exact) mass is 343 g/mol. The Labute approximate surface area is 132 Å². The zero-order valence-electron chi connectivity index (χ0n) is 11.4. The first-order chi connectivity index (χ1) is 10.1. The van der Waals surface area contributed by atoms with Gasteiger partial charge in [0, 0.05) is 21.9 Å². The second kappa shape index (κ2) is 6.26. The molecule has 0 spiro atoms. The fourth-order valence-corrected chi connectivity index (χ4v) is 6.73. The lowest BCUT2D eigenvalue weighted by Crippen LogP contribution is -2.30. The maximum atomic E-state index is 12.6. The molecule has 21 heavy (non-hydrogen) atoms. The van der Waals surface area contributed by atoms with Crippen LogP contribution < -0.4 is 4.72 Å². The molecular formula is C14H17NO3S3. The maximum Gasteiger partial charge on any atom is 0.242 e. The molecule has 1 aromatic carbocycles. The van der Waals surface area contributed by atoms with Crippen LogP contribution in [0.5, 0.6) is 0 Å². The number of benzene rings is 1. The number of fused-ring (bicyclic) bond motifs is 1. The Kier molecular flexibility index (Phi) is 4.56. The van der Waals surface area contributed by atoms with Gasteiger partial charge in [-0.1, -0.05) is 18.2 Å². The molecule has 3 rings (SSSR count). The maximum absolute atomic E-state index is 12.6. The molecule has 114 valence electrons. The summed E-state index contributed by atoms with van der Waals surface area (Å²) < 4.78 is 28.8. The molecule has 1 aliphatic rings. The van der Waals surface area contributed by atoms with Crippen LogP contribution in [0, 0.1) is 0 Å². The molecule has 2 heterocycles. The standard InChI is InChI=1S/C14H17NO3S3/c16-9-13-14(11-5-1-2-6-12(11)20-13)21(17,18)15-8-10-4-3-7-19-10/h1-2,5-6,10,15-16H,3-4,7-9H2. The number of hydrogen-bond acceptors (Lipinski definition) is 5. The van der Waals surface area contributed by atoms with E-state index in [1.807, 2.05) is 30.0 Å². The average molecular weight is 343 g/mol. The molecule has 1 saturated heterocycles. The Balaban J connectivity index is 1.93. The summed E-state index contributed by atoms with van der Waals surface area (Å²) >= 11 is 3.15. The van der Waals surface area contributed by atoms with E-state index in [1.54, 1.807) is 6.07 Å². The molecule has 1 fully saturated rings. The van der Waals surface area contributed by atoms with Crippen molar-refractivity contribution in [3.05, 3.63) is 29.1 Å². The van der Waals surface area contributed by atoms with E-state index in [2.05, 4.69) is 4.72 Å². The molecular weight excluding hydrogens is 326 g/mol. The first kappa shape index (κ1) is 15.3. The van der Waals surface area contributed by atoms with Gasteiger partial charge in [-0.05, 0) is 24.7 Å². The molecule has 0 bridgehead atoms. The number of aliphatic hydroxyl groups excluding tert-OH is 1. The molecule has 1 aliphatic heterocycles. The SMILES string of the molecule is O=S(=O)(NCC1CCCS1)c1c(CO)sc2ccccc12. The van der Waals surface area contributed by atoms with Crippen molar-refractivity contribution in [2.75, 3.05) is 12.3 Å². The topological polar surface area (TPSA) is 66.4 Å². The van der Waals surface area contributed by atoms with Crippen molar-refractivity contribution in [2.24, 2.45) is 0 Å². The van der Waals surface area contributed by atoms with Gasteiger partial charge in [0.25, 0.3) is 0 Å². The molecule has 7 heteroatoms. The number of aliphatic hydroxyl groups is 1. The number of nitrogens with one attached hydrogen (secondary N) is 1.